The average Bonchev–Trinajstić information content (AvgIpc) is 3.06. The van der Waals surface area contributed by atoms with E-state index in [1.54, 1.807) is 11.8 Å². The first-order valence-electron chi connectivity index (χ1n) is 13.0. The number of benzene rings is 2. The van der Waals surface area contributed by atoms with Crippen LogP contribution in [0.4, 0.5) is 0 Å². The molecule has 35 heavy (non-hydrogen) atoms. The molecule has 182 valence electrons. The van der Waals surface area contributed by atoms with Gasteiger partial charge in [0.15, 0.2) is 0 Å². The number of thioether (sulfide) groups is 1. The third kappa shape index (κ3) is 3.47. The van der Waals surface area contributed by atoms with Crippen LogP contribution in [-0.4, -0.2) is 58.7 Å². The number of hydrogen-bond acceptors (Lipinski definition) is 4. The van der Waals surface area contributed by atoms with Gasteiger partial charge in [-0.05, 0) is 53.5 Å². The molecular formula is C29H32N2O3S. The molecule has 0 aromatic heterocycles. The lowest BCUT2D eigenvalue weighted by molar-refractivity contribution is -0.151. The van der Waals surface area contributed by atoms with E-state index >= 15 is 0 Å². The highest BCUT2D eigenvalue weighted by Gasteiger charge is 2.63. The fraction of sp³-hybridized carbons (Fsp3) is 0.483. The number of likely N-dealkylation sites (tertiary alicyclic amines) is 2. The summed E-state index contributed by atoms with van der Waals surface area (Å²) in [6.07, 6.45) is 6.76. The van der Waals surface area contributed by atoms with Gasteiger partial charge in [-0.15, -0.1) is 0 Å². The van der Waals surface area contributed by atoms with Crippen molar-refractivity contribution >= 4 is 29.5 Å². The fourth-order valence-corrected chi connectivity index (χ4v) is 7.56. The minimum Gasteiger partial charge on any atom is -0.341 e. The summed E-state index contributed by atoms with van der Waals surface area (Å²) in [5.74, 6) is -0.701. The Bertz CT molecular complexity index is 1060. The van der Waals surface area contributed by atoms with Gasteiger partial charge in [-0.3, -0.25) is 19.3 Å². The van der Waals surface area contributed by atoms with E-state index in [1.165, 1.54) is 27.2 Å². The smallest absolute Gasteiger partial charge is 0.245 e. The van der Waals surface area contributed by atoms with Gasteiger partial charge < -0.3 is 4.90 Å². The second kappa shape index (κ2) is 9.12. The Labute approximate surface area is 211 Å². The number of carbonyl (C=O) groups is 3. The summed E-state index contributed by atoms with van der Waals surface area (Å²) in [6.45, 7) is 1.44. The summed E-state index contributed by atoms with van der Waals surface area (Å²) in [7, 11) is 0. The second-order valence-corrected chi connectivity index (χ2v) is 11.3. The van der Waals surface area contributed by atoms with Crippen molar-refractivity contribution in [2.24, 2.45) is 11.8 Å². The van der Waals surface area contributed by atoms with Gasteiger partial charge in [-0.2, -0.15) is 11.8 Å². The molecule has 5 nitrogen and oxygen atoms in total. The molecule has 3 amide bonds. The third-order valence-electron chi connectivity index (χ3n) is 8.59. The molecule has 2 aromatic carbocycles. The topological polar surface area (TPSA) is 57.7 Å². The number of rotatable bonds is 5. The third-order valence-corrected chi connectivity index (χ3v) is 9.24. The lowest BCUT2D eigenvalue weighted by atomic mass is 9.55. The Morgan fingerprint density at radius 2 is 1.29 bits per heavy atom. The first kappa shape index (κ1) is 22.8. The molecule has 0 saturated carbocycles. The maximum absolute atomic E-state index is 14.1. The van der Waals surface area contributed by atoms with Gasteiger partial charge in [-0.1, -0.05) is 61.4 Å². The van der Waals surface area contributed by atoms with E-state index in [9.17, 15) is 14.4 Å². The van der Waals surface area contributed by atoms with Crippen molar-refractivity contribution in [3.63, 3.8) is 0 Å². The van der Waals surface area contributed by atoms with E-state index in [1.807, 2.05) is 35.4 Å². The molecule has 2 heterocycles. The predicted molar refractivity (Wildman–Crippen MR) is 137 cm³/mol. The minimum absolute atomic E-state index is 0.0383. The van der Waals surface area contributed by atoms with Crippen LogP contribution in [0.5, 0.6) is 0 Å². The zero-order valence-electron chi connectivity index (χ0n) is 20.2. The van der Waals surface area contributed by atoms with E-state index in [2.05, 4.69) is 24.3 Å². The summed E-state index contributed by atoms with van der Waals surface area (Å²) in [6, 6.07) is 15.9. The molecule has 2 fully saturated rings. The number of carbonyl (C=O) groups excluding carboxylic acids is 3. The van der Waals surface area contributed by atoms with Gasteiger partial charge in [0.25, 0.3) is 0 Å². The van der Waals surface area contributed by atoms with Gasteiger partial charge in [0.2, 0.25) is 17.7 Å². The maximum atomic E-state index is 14.1. The lowest BCUT2D eigenvalue weighted by Crippen LogP contribution is -2.52. The molecule has 7 rings (SSSR count). The summed E-state index contributed by atoms with van der Waals surface area (Å²) >= 11 is 1.66. The van der Waals surface area contributed by atoms with E-state index in [0.717, 1.165) is 44.5 Å². The van der Waals surface area contributed by atoms with Crippen molar-refractivity contribution in [2.75, 3.05) is 25.1 Å². The SMILES string of the molecule is CSCC[C@H](C(=O)N1CCCCCC1)N1C(=O)[C@@H]2C3c4ccccc4C(c4ccccc43)[C@@H]2C1=O. The van der Waals surface area contributed by atoms with Gasteiger partial charge in [-0.25, -0.2) is 0 Å². The number of amides is 3. The highest BCUT2D eigenvalue weighted by molar-refractivity contribution is 7.98. The van der Waals surface area contributed by atoms with Gasteiger partial charge >= 0.3 is 0 Å². The van der Waals surface area contributed by atoms with E-state index < -0.39 is 17.9 Å². The van der Waals surface area contributed by atoms with Crippen molar-refractivity contribution in [2.45, 2.75) is 50.0 Å². The summed E-state index contributed by atoms with van der Waals surface area (Å²) < 4.78 is 0. The summed E-state index contributed by atoms with van der Waals surface area (Å²) in [5, 5.41) is 0. The highest BCUT2D eigenvalue weighted by atomic mass is 32.2. The molecule has 3 atom stereocenters. The van der Waals surface area contributed by atoms with Crippen LogP contribution < -0.4 is 0 Å². The summed E-state index contributed by atoms with van der Waals surface area (Å²) in [5.41, 5.74) is 4.67. The first-order chi connectivity index (χ1) is 17.1. The molecule has 0 radical (unpaired) electrons. The maximum Gasteiger partial charge on any atom is 0.245 e. The van der Waals surface area contributed by atoms with E-state index in [0.29, 0.717) is 6.42 Å². The fourth-order valence-electron chi connectivity index (χ4n) is 7.10. The molecular weight excluding hydrogens is 456 g/mol. The quantitative estimate of drug-likeness (QED) is 0.586. The molecule has 0 N–H and O–H groups in total. The molecule has 2 bridgehead atoms. The first-order valence-corrected chi connectivity index (χ1v) is 14.3. The molecule has 3 aliphatic carbocycles. The highest BCUT2D eigenvalue weighted by Crippen LogP contribution is 2.61. The van der Waals surface area contributed by atoms with Crippen molar-refractivity contribution in [1.82, 2.24) is 9.80 Å². The molecule has 2 aliphatic heterocycles. The number of imide groups is 1. The monoisotopic (exact) mass is 488 g/mol. The Kier molecular flexibility index (Phi) is 5.95. The Balaban J connectivity index is 1.41. The van der Waals surface area contributed by atoms with Crippen LogP contribution >= 0.6 is 11.8 Å². The van der Waals surface area contributed by atoms with Crippen LogP contribution in [-0.2, 0) is 14.4 Å². The van der Waals surface area contributed by atoms with Crippen LogP contribution in [0.15, 0.2) is 48.5 Å². The van der Waals surface area contributed by atoms with Crippen LogP contribution in [0.2, 0.25) is 0 Å². The van der Waals surface area contributed by atoms with Crippen LogP contribution in [0.25, 0.3) is 0 Å². The largest absolute Gasteiger partial charge is 0.341 e. The summed E-state index contributed by atoms with van der Waals surface area (Å²) in [4.78, 5) is 45.4. The second-order valence-electron chi connectivity index (χ2n) is 10.3. The normalized spacial score (nSPS) is 27.8. The Hall–Kier alpha value is -2.60. The van der Waals surface area contributed by atoms with Gasteiger partial charge in [0, 0.05) is 24.9 Å². The molecule has 2 saturated heterocycles. The van der Waals surface area contributed by atoms with Crippen molar-refractivity contribution < 1.29 is 14.4 Å². The van der Waals surface area contributed by atoms with Gasteiger partial charge in [0.1, 0.15) is 6.04 Å². The van der Waals surface area contributed by atoms with Crippen molar-refractivity contribution in [3.8, 4) is 0 Å². The Morgan fingerprint density at radius 1 is 0.829 bits per heavy atom. The van der Waals surface area contributed by atoms with Crippen LogP contribution in [0.3, 0.4) is 0 Å². The number of hydrogen-bond donors (Lipinski definition) is 0. The molecule has 0 spiro atoms. The predicted octanol–water partition coefficient (Wildman–Crippen LogP) is 4.40. The molecule has 2 aromatic rings. The van der Waals surface area contributed by atoms with E-state index in [4.69, 9.17) is 0 Å². The Morgan fingerprint density at radius 3 is 1.71 bits per heavy atom. The zero-order valence-corrected chi connectivity index (χ0v) is 21.0. The van der Waals surface area contributed by atoms with Crippen molar-refractivity contribution in [1.29, 1.82) is 0 Å². The van der Waals surface area contributed by atoms with Gasteiger partial charge in [0.05, 0.1) is 11.8 Å². The minimum atomic E-state index is -0.697. The van der Waals surface area contributed by atoms with Crippen molar-refractivity contribution in [3.05, 3.63) is 70.8 Å². The molecule has 6 heteroatoms. The van der Waals surface area contributed by atoms with E-state index in [-0.39, 0.29) is 29.6 Å². The number of nitrogens with zero attached hydrogens (tertiary/aromatic N) is 2. The van der Waals surface area contributed by atoms with Crippen LogP contribution in [0.1, 0.15) is 66.2 Å². The van der Waals surface area contributed by atoms with Crippen LogP contribution in [0, 0.1) is 11.8 Å². The lowest BCUT2D eigenvalue weighted by Gasteiger charge is -2.45. The zero-order chi connectivity index (χ0) is 24.1. The standard InChI is InChI=1S/C29H32N2O3S/c1-35-17-14-22(27(32)30-15-8-2-3-9-16-30)31-28(33)25-23-18-10-4-5-11-19(18)24(26(25)29(31)34)21-13-7-6-12-20(21)23/h4-7,10-13,22-26H,2-3,8-9,14-17H2,1H3/t22-,23?,24?,25-,26+/m1/s1. The molecule has 0 unspecified atom stereocenters. The average molecular weight is 489 g/mol. The molecule has 5 aliphatic rings.